The summed E-state index contributed by atoms with van der Waals surface area (Å²) in [4.78, 5) is 2.34. The number of para-hydroxylation sites is 2. The van der Waals surface area contributed by atoms with Crippen LogP contribution in [0.5, 0.6) is 5.75 Å². The standard InChI is InChI=1S/C28H14N6OS2/c1-35-26-5-3-2-4-23(26)34-24(27-9-6-20(37-27)12-18(13-29)14-30)7-8-25(34)28-21(10-11-36-28)22(17-33)19(15-31)16-32/h2-12H,1H3. The van der Waals surface area contributed by atoms with Crippen LogP contribution in [0.3, 0.4) is 0 Å². The summed E-state index contributed by atoms with van der Waals surface area (Å²) in [5.74, 6) is 0.623. The van der Waals surface area contributed by atoms with Crippen molar-refractivity contribution in [3.63, 3.8) is 0 Å². The summed E-state index contributed by atoms with van der Waals surface area (Å²) < 4.78 is 7.64. The van der Waals surface area contributed by atoms with Crippen LogP contribution < -0.4 is 4.74 Å². The highest BCUT2D eigenvalue weighted by molar-refractivity contribution is 7.16. The number of thiophene rings is 2. The van der Waals surface area contributed by atoms with Gasteiger partial charge in [-0.1, -0.05) is 12.1 Å². The van der Waals surface area contributed by atoms with Crippen molar-refractivity contribution in [1.29, 1.82) is 26.3 Å². The van der Waals surface area contributed by atoms with Gasteiger partial charge in [0.2, 0.25) is 0 Å². The fourth-order valence-corrected chi connectivity index (χ4v) is 5.66. The number of methoxy groups -OCH3 is 1. The normalized spacial score (nSPS) is 9.62. The van der Waals surface area contributed by atoms with Gasteiger partial charge >= 0.3 is 0 Å². The van der Waals surface area contributed by atoms with E-state index < -0.39 is 0 Å². The van der Waals surface area contributed by atoms with Gasteiger partial charge in [0.05, 0.1) is 39.5 Å². The van der Waals surface area contributed by atoms with Crippen molar-refractivity contribution >= 4 is 34.3 Å². The average Bonchev–Trinajstić information content (AvgIpc) is 3.69. The molecule has 37 heavy (non-hydrogen) atoms. The van der Waals surface area contributed by atoms with Crippen molar-refractivity contribution in [2.45, 2.75) is 0 Å². The zero-order chi connectivity index (χ0) is 26.4. The summed E-state index contributed by atoms with van der Waals surface area (Å²) in [6.45, 7) is 0. The number of aromatic nitrogens is 1. The molecule has 4 aromatic rings. The van der Waals surface area contributed by atoms with Gasteiger partial charge in [-0.05, 0) is 53.9 Å². The summed E-state index contributed by atoms with van der Waals surface area (Å²) in [7, 11) is 1.58. The molecule has 0 saturated carbocycles. The van der Waals surface area contributed by atoms with E-state index in [2.05, 4.69) is 0 Å². The molecule has 0 N–H and O–H groups in total. The lowest BCUT2D eigenvalue weighted by atomic mass is 10.0. The highest BCUT2D eigenvalue weighted by atomic mass is 32.1. The third-order valence-electron chi connectivity index (χ3n) is 5.37. The number of rotatable bonds is 6. The van der Waals surface area contributed by atoms with E-state index in [0.717, 1.165) is 26.8 Å². The topological polar surface area (TPSA) is 133 Å². The Balaban J connectivity index is 2.00. The lowest BCUT2D eigenvalue weighted by molar-refractivity contribution is 0.413. The Hall–Kier alpha value is -5.37. The van der Waals surface area contributed by atoms with Crippen LogP contribution in [0.25, 0.3) is 38.5 Å². The number of hydrogen-bond donors (Lipinski definition) is 0. The molecule has 0 radical (unpaired) electrons. The van der Waals surface area contributed by atoms with Crippen LogP contribution in [0.1, 0.15) is 10.4 Å². The molecule has 0 bridgehead atoms. The van der Waals surface area contributed by atoms with Crippen molar-refractivity contribution in [2.75, 3.05) is 7.11 Å². The molecule has 174 valence electrons. The van der Waals surface area contributed by atoms with Crippen LogP contribution in [0, 0.1) is 56.7 Å². The molecule has 0 amide bonds. The van der Waals surface area contributed by atoms with Crippen LogP contribution in [-0.4, -0.2) is 11.7 Å². The second-order valence-corrected chi connectivity index (χ2v) is 9.37. The Morgan fingerprint density at radius 2 is 1.57 bits per heavy atom. The maximum absolute atomic E-state index is 9.79. The van der Waals surface area contributed by atoms with Crippen LogP contribution in [0.15, 0.2) is 71.1 Å². The molecule has 7 nitrogen and oxygen atoms in total. The number of hydrogen-bond acceptors (Lipinski definition) is 8. The Bertz CT molecular complexity index is 1750. The van der Waals surface area contributed by atoms with E-state index in [1.54, 1.807) is 13.2 Å². The zero-order valence-corrected chi connectivity index (χ0v) is 20.9. The Kier molecular flexibility index (Phi) is 7.30. The predicted octanol–water partition coefficient (Wildman–Crippen LogP) is 6.70. The molecule has 0 atom stereocenters. The van der Waals surface area contributed by atoms with Crippen LogP contribution in [-0.2, 0) is 0 Å². The first-order valence-electron chi connectivity index (χ1n) is 10.6. The van der Waals surface area contributed by atoms with E-state index in [1.807, 2.05) is 88.8 Å². The van der Waals surface area contributed by atoms with E-state index in [1.165, 1.54) is 28.7 Å². The Morgan fingerprint density at radius 1 is 0.838 bits per heavy atom. The molecule has 3 aromatic heterocycles. The molecular weight excluding hydrogens is 500 g/mol. The van der Waals surface area contributed by atoms with Crippen molar-refractivity contribution in [3.05, 3.63) is 81.6 Å². The van der Waals surface area contributed by atoms with E-state index in [-0.39, 0.29) is 16.7 Å². The summed E-state index contributed by atoms with van der Waals surface area (Å²) in [5, 5.41) is 48.6. The fraction of sp³-hybridized carbons (Fsp3) is 0.0357. The van der Waals surface area contributed by atoms with E-state index in [9.17, 15) is 15.8 Å². The van der Waals surface area contributed by atoms with Gasteiger partial charge in [0, 0.05) is 10.4 Å². The largest absolute Gasteiger partial charge is 0.495 e. The highest BCUT2D eigenvalue weighted by Gasteiger charge is 2.22. The third-order valence-corrected chi connectivity index (χ3v) is 7.36. The van der Waals surface area contributed by atoms with Crippen LogP contribution >= 0.6 is 22.7 Å². The fourth-order valence-electron chi connectivity index (χ4n) is 3.77. The molecule has 0 fully saturated rings. The molecule has 3 heterocycles. The molecule has 4 rings (SSSR count). The zero-order valence-electron chi connectivity index (χ0n) is 19.3. The summed E-state index contributed by atoms with van der Waals surface area (Å²) in [6.07, 6.45) is 1.54. The quantitative estimate of drug-likeness (QED) is 0.263. The molecule has 1 aromatic carbocycles. The van der Waals surface area contributed by atoms with Crippen molar-refractivity contribution in [2.24, 2.45) is 0 Å². The predicted molar refractivity (Wildman–Crippen MR) is 142 cm³/mol. The maximum atomic E-state index is 9.79. The number of benzene rings is 1. The van der Waals surface area contributed by atoms with Gasteiger partial charge in [0.1, 0.15) is 47.2 Å². The maximum Gasteiger partial charge on any atom is 0.148 e. The lowest BCUT2D eigenvalue weighted by Crippen LogP contribution is -2.02. The second kappa shape index (κ2) is 10.9. The molecular formula is C28H14N6OS2. The summed E-state index contributed by atoms with van der Waals surface area (Å²) >= 11 is 2.81. The molecule has 9 heteroatoms. The number of nitrogens with zero attached hydrogens (tertiary/aromatic N) is 6. The Morgan fingerprint density at radius 3 is 2.24 bits per heavy atom. The average molecular weight is 515 g/mol. The van der Waals surface area contributed by atoms with Gasteiger partial charge in [-0.2, -0.15) is 26.3 Å². The molecule has 0 aliphatic rings. The highest BCUT2D eigenvalue weighted by Crippen LogP contribution is 2.42. The van der Waals surface area contributed by atoms with Gasteiger partial charge in [-0.25, -0.2) is 0 Å². The van der Waals surface area contributed by atoms with Gasteiger partial charge in [0.15, 0.2) is 0 Å². The molecule has 0 unspecified atom stereocenters. The minimum Gasteiger partial charge on any atom is -0.495 e. The minimum absolute atomic E-state index is 0.0130. The van der Waals surface area contributed by atoms with Crippen LogP contribution in [0.4, 0.5) is 0 Å². The SMILES string of the molecule is COc1ccccc1-n1c(-c2ccc(C=C(C#N)C#N)s2)ccc1-c1sccc1C(C#N)=C(C#N)C#N. The molecule has 0 spiro atoms. The van der Waals surface area contributed by atoms with E-state index >= 15 is 0 Å². The van der Waals surface area contributed by atoms with Crippen molar-refractivity contribution < 1.29 is 4.74 Å². The summed E-state index contributed by atoms with van der Waals surface area (Å²) in [6, 6.07) is 26.2. The van der Waals surface area contributed by atoms with Crippen molar-refractivity contribution in [1.82, 2.24) is 4.57 Å². The Labute approximate surface area is 221 Å². The number of nitriles is 5. The number of allylic oxidation sites excluding steroid dienone is 3. The van der Waals surface area contributed by atoms with Gasteiger partial charge < -0.3 is 9.30 Å². The minimum atomic E-state index is -0.252. The van der Waals surface area contributed by atoms with Gasteiger partial charge in [-0.3, -0.25) is 0 Å². The van der Waals surface area contributed by atoms with Gasteiger partial charge in [-0.15, -0.1) is 22.7 Å². The lowest BCUT2D eigenvalue weighted by Gasteiger charge is -2.16. The first-order chi connectivity index (χ1) is 18.1. The molecule has 0 saturated heterocycles. The monoisotopic (exact) mass is 514 g/mol. The molecule has 0 aliphatic heterocycles. The van der Waals surface area contributed by atoms with Crippen molar-refractivity contribution in [3.8, 4) is 62.9 Å². The second-order valence-electron chi connectivity index (χ2n) is 7.34. The van der Waals surface area contributed by atoms with Gasteiger partial charge in [0.25, 0.3) is 0 Å². The first-order valence-corrected chi connectivity index (χ1v) is 12.3. The smallest absolute Gasteiger partial charge is 0.148 e. The summed E-state index contributed by atoms with van der Waals surface area (Å²) in [5.41, 5.74) is 2.59. The molecule has 0 aliphatic carbocycles. The van der Waals surface area contributed by atoms with Crippen LogP contribution in [0.2, 0.25) is 0 Å². The third kappa shape index (κ3) is 4.63. The first kappa shape index (κ1) is 24.7. The van der Waals surface area contributed by atoms with E-state index in [0.29, 0.717) is 16.2 Å². The number of ether oxygens (including phenoxy) is 1. The van der Waals surface area contributed by atoms with E-state index in [4.69, 9.17) is 15.3 Å².